The van der Waals surface area contributed by atoms with E-state index < -0.39 is 0 Å². The number of carbonyl (C=O) groups is 1. The number of hydrogen-bond acceptors (Lipinski definition) is 3. The van der Waals surface area contributed by atoms with Crippen LogP contribution in [0.25, 0.3) is 0 Å². The number of hydrogen-bond donors (Lipinski definition) is 1. The number of benzene rings is 2. The Hall–Kier alpha value is -3.14. The maximum absolute atomic E-state index is 12.1. The Morgan fingerprint density at radius 2 is 1.68 bits per heavy atom. The Labute approximate surface area is 147 Å². The number of nitrogens with zero attached hydrogens (tertiary/aromatic N) is 1. The molecule has 0 radical (unpaired) electrons. The Kier molecular flexibility index (Phi) is 5.09. The number of anilines is 1. The maximum Gasteiger partial charge on any atom is 0.228 e. The van der Waals surface area contributed by atoms with Crippen molar-refractivity contribution in [1.82, 2.24) is 4.98 Å². The molecule has 0 aliphatic rings. The standard InChI is InChI=1S/C21H20N2O2/c1-15-7-6-8-16(2)21(15)25-20-12-11-18(14-22-20)23-19(24)13-17-9-4-3-5-10-17/h3-12,14H,13H2,1-2H3,(H,23,24). The zero-order valence-corrected chi connectivity index (χ0v) is 14.3. The number of ether oxygens (including phenoxy) is 1. The van der Waals surface area contributed by atoms with Crippen LogP contribution in [-0.2, 0) is 11.2 Å². The van der Waals surface area contributed by atoms with Gasteiger partial charge in [-0.3, -0.25) is 4.79 Å². The fourth-order valence-corrected chi connectivity index (χ4v) is 2.57. The van der Waals surface area contributed by atoms with Gasteiger partial charge in [0, 0.05) is 6.07 Å². The number of carbonyl (C=O) groups excluding carboxylic acids is 1. The van der Waals surface area contributed by atoms with E-state index in [1.165, 1.54) is 0 Å². The smallest absolute Gasteiger partial charge is 0.228 e. The van der Waals surface area contributed by atoms with Gasteiger partial charge in [-0.1, -0.05) is 48.5 Å². The first-order valence-corrected chi connectivity index (χ1v) is 8.16. The predicted octanol–water partition coefficient (Wildman–Crippen LogP) is 4.67. The van der Waals surface area contributed by atoms with Gasteiger partial charge in [0.15, 0.2) is 0 Å². The normalized spacial score (nSPS) is 10.3. The summed E-state index contributed by atoms with van der Waals surface area (Å²) >= 11 is 0. The second-order valence-electron chi connectivity index (χ2n) is 5.92. The lowest BCUT2D eigenvalue weighted by Gasteiger charge is -2.11. The largest absolute Gasteiger partial charge is 0.438 e. The Morgan fingerprint density at radius 3 is 2.32 bits per heavy atom. The fraction of sp³-hybridized carbons (Fsp3) is 0.143. The summed E-state index contributed by atoms with van der Waals surface area (Å²) in [6.07, 6.45) is 1.94. The molecule has 126 valence electrons. The maximum atomic E-state index is 12.1. The first kappa shape index (κ1) is 16.7. The molecular formula is C21H20N2O2. The van der Waals surface area contributed by atoms with E-state index in [2.05, 4.69) is 10.3 Å². The molecule has 4 nitrogen and oxygen atoms in total. The molecule has 0 fully saturated rings. The van der Waals surface area contributed by atoms with Gasteiger partial charge in [0.05, 0.1) is 18.3 Å². The molecule has 3 aromatic rings. The van der Waals surface area contributed by atoms with Gasteiger partial charge in [-0.25, -0.2) is 4.98 Å². The molecule has 0 saturated carbocycles. The number of amides is 1. The van der Waals surface area contributed by atoms with E-state index in [-0.39, 0.29) is 5.91 Å². The first-order chi connectivity index (χ1) is 12.1. The van der Waals surface area contributed by atoms with Crippen LogP contribution in [0.1, 0.15) is 16.7 Å². The lowest BCUT2D eigenvalue weighted by atomic mass is 10.1. The van der Waals surface area contributed by atoms with Crippen molar-refractivity contribution in [1.29, 1.82) is 0 Å². The van der Waals surface area contributed by atoms with Gasteiger partial charge in [-0.05, 0) is 36.6 Å². The van der Waals surface area contributed by atoms with E-state index >= 15 is 0 Å². The number of pyridine rings is 1. The third-order valence-electron chi connectivity index (χ3n) is 3.84. The number of nitrogens with one attached hydrogen (secondary N) is 1. The average molecular weight is 332 g/mol. The molecule has 0 saturated heterocycles. The van der Waals surface area contributed by atoms with Gasteiger partial charge in [0.25, 0.3) is 0 Å². The summed E-state index contributed by atoms with van der Waals surface area (Å²) in [5.41, 5.74) is 3.74. The highest BCUT2D eigenvalue weighted by Gasteiger charge is 2.07. The third-order valence-corrected chi connectivity index (χ3v) is 3.84. The van der Waals surface area contributed by atoms with Crippen LogP contribution in [0.15, 0.2) is 66.9 Å². The van der Waals surface area contributed by atoms with Crippen LogP contribution in [0.5, 0.6) is 11.6 Å². The monoisotopic (exact) mass is 332 g/mol. The van der Waals surface area contributed by atoms with Crippen molar-refractivity contribution in [3.05, 3.63) is 83.6 Å². The average Bonchev–Trinajstić information content (AvgIpc) is 2.60. The van der Waals surface area contributed by atoms with E-state index in [1.54, 1.807) is 18.3 Å². The highest BCUT2D eigenvalue weighted by molar-refractivity contribution is 5.92. The number of rotatable bonds is 5. The Morgan fingerprint density at radius 1 is 0.960 bits per heavy atom. The molecule has 0 bridgehead atoms. The summed E-state index contributed by atoms with van der Waals surface area (Å²) in [6, 6.07) is 19.2. The van der Waals surface area contributed by atoms with Crippen LogP contribution >= 0.6 is 0 Å². The number of para-hydroxylation sites is 1. The zero-order chi connectivity index (χ0) is 17.6. The van der Waals surface area contributed by atoms with E-state index in [9.17, 15) is 4.79 Å². The number of aromatic nitrogens is 1. The van der Waals surface area contributed by atoms with Gasteiger partial charge in [0.2, 0.25) is 11.8 Å². The van der Waals surface area contributed by atoms with Crippen LogP contribution in [0.2, 0.25) is 0 Å². The molecule has 1 amide bonds. The van der Waals surface area contributed by atoms with E-state index in [1.807, 2.05) is 62.4 Å². The van der Waals surface area contributed by atoms with Gasteiger partial charge < -0.3 is 10.1 Å². The second-order valence-corrected chi connectivity index (χ2v) is 5.92. The summed E-state index contributed by atoms with van der Waals surface area (Å²) in [6.45, 7) is 4.00. The van der Waals surface area contributed by atoms with Crippen molar-refractivity contribution in [2.75, 3.05) is 5.32 Å². The molecule has 3 rings (SSSR count). The molecule has 0 unspecified atom stereocenters. The highest BCUT2D eigenvalue weighted by Crippen LogP contribution is 2.27. The summed E-state index contributed by atoms with van der Waals surface area (Å²) in [4.78, 5) is 16.4. The highest BCUT2D eigenvalue weighted by atomic mass is 16.5. The molecule has 0 aliphatic heterocycles. The molecule has 0 spiro atoms. The Balaban J connectivity index is 1.63. The fourth-order valence-electron chi connectivity index (χ4n) is 2.57. The van der Waals surface area contributed by atoms with Crippen LogP contribution in [-0.4, -0.2) is 10.9 Å². The zero-order valence-electron chi connectivity index (χ0n) is 14.3. The van der Waals surface area contributed by atoms with Gasteiger partial charge in [-0.2, -0.15) is 0 Å². The summed E-state index contributed by atoms with van der Waals surface area (Å²) < 4.78 is 5.87. The minimum Gasteiger partial charge on any atom is -0.438 e. The first-order valence-electron chi connectivity index (χ1n) is 8.16. The van der Waals surface area contributed by atoms with Crippen molar-refractivity contribution >= 4 is 11.6 Å². The summed E-state index contributed by atoms with van der Waals surface area (Å²) in [5, 5.41) is 2.85. The predicted molar refractivity (Wildman–Crippen MR) is 99.0 cm³/mol. The van der Waals surface area contributed by atoms with Crippen molar-refractivity contribution < 1.29 is 9.53 Å². The van der Waals surface area contributed by atoms with E-state index in [4.69, 9.17) is 4.74 Å². The minimum absolute atomic E-state index is 0.0728. The SMILES string of the molecule is Cc1cccc(C)c1Oc1ccc(NC(=O)Cc2ccccc2)cn1. The molecule has 1 N–H and O–H groups in total. The quantitative estimate of drug-likeness (QED) is 0.738. The summed E-state index contributed by atoms with van der Waals surface area (Å²) in [7, 11) is 0. The summed E-state index contributed by atoms with van der Waals surface area (Å²) in [5.74, 6) is 1.24. The molecular weight excluding hydrogens is 312 g/mol. The van der Waals surface area contributed by atoms with Crippen molar-refractivity contribution in [2.24, 2.45) is 0 Å². The molecule has 1 aromatic heterocycles. The van der Waals surface area contributed by atoms with Crippen LogP contribution in [0, 0.1) is 13.8 Å². The van der Waals surface area contributed by atoms with Crippen LogP contribution in [0.3, 0.4) is 0 Å². The lowest BCUT2D eigenvalue weighted by molar-refractivity contribution is -0.115. The molecule has 1 heterocycles. The van der Waals surface area contributed by atoms with Gasteiger partial charge in [-0.15, -0.1) is 0 Å². The molecule has 0 aliphatic carbocycles. The van der Waals surface area contributed by atoms with Gasteiger partial charge in [0.1, 0.15) is 5.75 Å². The van der Waals surface area contributed by atoms with Crippen LogP contribution in [0.4, 0.5) is 5.69 Å². The van der Waals surface area contributed by atoms with Gasteiger partial charge >= 0.3 is 0 Å². The topological polar surface area (TPSA) is 51.2 Å². The lowest BCUT2D eigenvalue weighted by Crippen LogP contribution is -2.14. The number of aryl methyl sites for hydroxylation is 2. The Bertz CT molecular complexity index is 839. The minimum atomic E-state index is -0.0728. The van der Waals surface area contributed by atoms with E-state index in [0.29, 0.717) is 18.0 Å². The molecule has 0 atom stereocenters. The van der Waals surface area contributed by atoms with Crippen molar-refractivity contribution in [3.63, 3.8) is 0 Å². The second kappa shape index (κ2) is 7.62. The van der Waals surface area contributed by atoms with Crippen LogP contribution < -0.4 is 10.1 Å². The molecule has 25 heavy (non-hydrogen) atoms. The van der Waals surface area contributed by atoms with E-state index in [0.717, 1.165) is 22.4 Å². The van der Waals surface area contributed by atoms with Crippen molar-refractivity contribution in [3.8, 4) is 11.6 Å². The molecule has 4 heteroatoms. The van der Waals surface area contributed by atoms with Crippen molar-refractivity contribution in [2.45, 2.75) is 20.3 Å². The third kappa shape index (κ3) is 4.44. The molecule has 2 aromatic carbocycles.